The zero-order chi connectivity index (χ0) is 12.3. The molecule has 1 heterocycles. The Labute approximate surface area is 104 Å². The minimum atomic E-state index is 0.248. The van der Waals surface area contributed by atoms with Crippen LogP contribution in [-0.4, -0.2) is 55.1 Å². The lowest BCUT2D eigenvalue weighted by molar-refractivity contribution is 0.167. The van der Waals surface area contributed by atoms with Gasteiger partial charge >= 0.3 is 6.03 Å². The van der Waals surface area contributed by atoms with Crippen LogP contribution in [-0.2, 0) is 0 Å². The van der Waals surface area contributed by atoms with E-state index in [1.54, 1.807) is 0 Å². The van der Waals surface area contributed by atoms with Gasteiger partial charge in [-0.05, 0) is 32.9 Å². The number of nitrogens with one attached hydrogen (secondary N) is 1. The molecule has 0 aromatic carbocycles. The zero-order valence-corrected chi connectivity index (χ0v) is 11.1. The van der Waals surface area contributed by atoms with Gasteiger partial charge in [-0.3, -0.25) is 0 Å². The summed E-state index contributed by atoms with van der Waals surface area (Å²) < 4.78 is 0. The third-order valence-electron chi connectivity index (χ3n) is 4.25. The van der Waals surface area contributed by atoms with E-state index >= 15 is 0 Å². The molecule has 0 radical (unpaired) electrons. The van der Waals surface area contributed by atoms with E-state index in [1.165, 1.54) is 32.1 Å². The third-order valence-corrected chi connectivity index (χ3v) is 4.25. The fraction of sp³-hybridized carbons (Fsp3) is 0.923. The monoisotopic (exact) mass is 239 g/mol. The topological polar surface area (TPSA) is 35.6 Å². The predicted octanol–water partition coefficient (Wildman–Crippen LogP) is 1.66. The quantitative estimate of drug-likeness (QED) is 0.810. The highest BCUT2D eigenvalue weighted by molar-refractivity contribution is 5.77. The van der Waals surface area contributed by atoms with E-state index in [0.717, 1.165) is 19.5 Å². The van der Waals surface area contributed by atoms with Gasteiger partial charge < -0.3 is 15.1 Å². The Balaban J connectivity index is 1.92. The number of nitrogens with zero attached hydrogens (tertiary/aromatic N) is 2. The minimum absolute atomic E-state index is 0.248. The first kappa shape index (κ1) is 12.7. The van der Waals surface area contributed by atoms with Crippen molar-refractivity contribution in [2.45, 2.75) is 50.6 Å². The normalized spacial score (nSPS) is 26.9. The predicted molar refractivity (Wildman–Crippen MR) is 69.1 cm³/mol. The first-order valence-corrected chi connectivity index (χ1v) is 6.92. The van der Waals surface area contributed by atoms with Crippen molar-refractivity contribution in [1.82, 2.24) is 15.1 Å². The summed E-state index contributed by atoms with van der Waals surface area (Å²) in [7, 11) is 3.92. The molecule has 2 rings (SSSR count). The standard InChI is InChI=1S/C13H25N3O/c1-14-9-8-12-10-16(13(17)15(12)2)11-6-4-3-5-7-11/h11-12,14H,3-10H2,1-2H3. The molecule has 4 heteroatoms. The molecule has 2 aliphatic rings. The highest BCUT2D eigenvalue weighted by Gasteiger charge is 2.38. The molecular weight excluding hydrogens is 214 g/mol. The van der Waals surface area contributed by atoms with Crippen LogP contribution in [0.2, 0.25) is 0 Å². The van der Waals surface area contributed by atoms with E-state index in [0.29, 0.717) is 12.1 Å². The lowest BCUT2D eigenvalue weighted by atomic mass is 9.94. The molecule has 1 N–H and O–H groups in total. The van der Waals surface area contributed by atoms with Crippen LogP contribution in [0.25, 0.3) is 0 Å². The molecule has 98 valence electrons. The van der Waals surface area contributed by atoms with E-state index < -0.39 is 0 Å². The average molecular weight is 239 g/mol. The van der Waals surface area contributed by atoms with Gasteiger partial charge in [0.15, 0.2) is 0 Å². The Bertz CT molecular complexity index is 263. The van der Waals surface area contributed by atoms with E-state index in [9.17, 15) is 4.79 Å². The van der Waals surface area contributed by atoms with Crippen molar-refractivity contribution in [3.63, 3.8) is 0 Å². The molecule has 0 bridgehead atoms. The zero-order valence-electron chi connectivity index (χ0n) is 11.1. The minimum Gasteiger partial charge on any atom is -0.323 e. The second kappa shape index (κ2) is 5.71. The first-order chi connectivity index (χ1) is 8.24. The lowest BCUT2D eigenvalue weighted by Crippen LogP contribution is -2.39. The fourth-order valence-corrected chi connectivity index (χ4v) is 3.08. The summed E-state index contributed by atoms with van der Waals surface area (Å²) in [6.07, 6.45) is 7.40. The summed E-state index contributed by atoms with van der Waals surface area (Å²) in [6, 6.07) is 1.16. The van der Waals surface area contributed by atoms with Crippen LogP contribution in [0.15, 0.2) is 0 Å². The van der Waals surface area contributed by atoms with Crippen molar-refractivity contribution in [1.29, 1.82) is 0 Å². The number of rotatable bonds is 4. The van der Waals surface area contributed by atoms with E-state index in [2.05, 4.69) is 10.2 Å². The number of carbonyl (C=O) groups excluding carboxylic acids is 1. The molecule has 0 aromatic rings. The largest absolute Gasteiger partial charge is 0.323 e. The second-order valence-electron chi connectivity index (χ2n) is 5.38. The average Bonchev–Trinajstić information content (AvgIpc) is 2.65. The van der Waals surface area contributed by atoms with Gasteiger partial charge in [-0.2, -0.15) is 0 Å². The number of likely N-dealkylation sites (N-methyl/N-ethyl adjacent to an activating group) is 1. The lowest BCUT2D eigenvalue weighted by Gasteiger charge is -2.30. The fourth-order valence-electron chi connectivity index (χ4n) is 3.08. The van der Waals surface area contributed by atoms with Crippen molar-refractivity contribution in [3.8, 4) is 0 Å². The van der Waals surface area contributed by atoms with Gasteiger partial charge in [-0.15, -0.1) is 0 Å². The van der Waals surface area contributed by atoms with Crippen molar-refractivity contribution >= 4 is 6.03 Å². The molecule has 1 unspecified atom stereocenters. The summed E-state index contributed by atoms with van der Waals surface area (Å²) in [5.74, 6) is 0. The third kappa shape index (κ3) is 2.73. The van der Waals surface area contributed by atoms with Gasteiger partial charge in [0.2, 0.25) is 0 Å². The summed E-state index contributed by atoms with van der Waals surface area (Å²) >= 11 is 0. The Kier molecular flexibility index (Phi) is 4.26. The number of carbonyl (C=O) groups is 1. The van der Waals surface area contributed by atoms with Crippen molar-refractivity contribution in [2.75, 3.05) is 27.2 Å². The van der Waals surface area contributed by atoms with Gasteiger partial charge in [0.05, 0.1) is 6.04 Å². The molecule has 1 saturated carbocycles. The molecule has 1 saturated heterocycles. The highest BCUT2D eigenvalue weighted by atomic mass is 16.2. The molecular formula is C13H25N3O. The van der Waals surface area contributed by atoms with E-state index in [4.69, 9.17) is 0 Å². The Morgan fingerprint density at radius 3 is 2.65 bits per heavy atom. The molecule has 17 heavy (non-hydrogen) atoms. The molecule has 2 fully saturated rings. The maximum absolute atomic E-state index is 12.2. The highest BCUT2D eigenvalue weighted by Crippen LogP contribution is 2.27. The van der Waals surface area contributed by atoms with Crippen LogP contribution in [0.5, 0.6) is 0 Å². The number of hydrogen-bond acceptors (Lipinski definition) is 2. The number of urea groups is 1. The molecule has 4 nitrogen and oxygen atoms in total. The van der Waals surface area contributed by atoms with Crippen LogP contribution in [0.4, 0.5) is 4.79 Å². The van der Waals surface area contributed by atoms with E-state index in [1.807, 2.05) is 19.0 Å². The number of amides is 2. The van der Waals surface area contributed by atoms with Crippen molar-refractivity contribution < 1.29 is 4.79 Å². The molecule has 0 spiro atoms. The Morgan fingerprint density at radius 2 is 2.00 bits per heavy atom. The molecule has 1 aliphatic carbocycles. The number of hydrogen-bond donors (Lipinski definition) is 1. The summed E-state index contributed by atoms with van der Waals surface area (Å²) in [6.45, 7) is 1.92. The van der Waals surface area contributed by atoms with Gasteiger partial charge in [0.25, 0.3) is 0 Å². The SMILES string of the molecule is CNCCC1CN(C2CCCCC2)C(=O)N1C. The van der Waals surface area contributed by atoms with Crippen LogP contribution in [0, 0.1) is 0 Å². The summed E-state index contributed by atoms with van der Waals surface area (Å²) in [4.78, 5) is 16.3. The van der Waals surface area contributed by atoms with E-state index in [-0.39, 0.29) is 6.03 Å². The van der Waals surface area contributed by atoms with Gasteiger partial charge in [-0.25, -0.2) is 4.79 Å². The maximum atomic E-state index is 12.2. The van der Waals surface area contributed by atoms with Gasteiger partial charge in [0.1, 0.15) is 0 Å². The Morgan fingerprint density at radius 1 is 1.29 bits per heavy atom. The summed E-state index contributed by atoms with van der Waals surface area (Å²) in [5.41, 5.74) is 0. The van der Waals surface area contributed by atoms with Crippen LogP contribution >= 0.6 is 0 Å². The van der Waals surface area contributed by atoms with Crippen LogP contribution in [0.3, 0.4) is 0 Å². The maximum Gasteiger partial charge on any atom is 0.320 e. The molecule has 2 amide bonds. The Hall–Kier alpha value is -0.770. The van der Waals surface area contributed by atoms with Gasteiger partial charge in [0, 0.05) is 19.6 Å². The second-order valence-corrected chi connectivity index (χ2v) is 5.38. The smallest absolute Gasteiger partial charge is 0.320 e. The molecule has 0 aromatic heterocycles. The van der Waals surface area contributed by atoms with Crippen molar-refractivity contribution in [3.05, 3.63) is 0 Å². The molecule has 1 atom stereocenters. The van der Waals surface area contributed by atoms with Crippen LogP contribution < -0.4 is 5.32 Å². The first-order valence-electron chi connectivity index (χ1n) is 6.92. The van der Waals surface area contributed by atoms with Crippen molar-refractivity contribution in [2.24, 2.45) is 0 Å². The van der Waals surface area contributed by atoms with Gasteiger partial charge in [-0.1, -0.05) is 19.3 Å². The summed E-state index contributed by atoms with van der Waals surface area (Å²) in [5, 5.41) is 3.17. The van der Waals surface area contributed by atoms with Crippen LogP contribution in [0.1, 0.15) is 38.5 Å². The molecule has 1 aliphatic heterocycles.